The van der Waals surface area contributed by atoms with Crippen molar-refractivity contribution in [1.82, 2.24) is 25.3 Å². The lowest BCUT2D eigenvalue weighted by Gasteiger charge is -2.05. The van der Waals surface area contributed by atoms with Crippen molar-refractivity contribution >= 4 is 24.0 Å². The minimum atomic E-state index is -0.0482. The van der Waals surface area contributed by atoms with Gasteiger partial charge in [-0.3, -0.25) is 9.89 Å². The van der Waals surface area contributed by atoms with Crippen molar-refractivity contribution in [3.05, 3.63) is 41.8 Å². The van der Waals surface area contributed by atoms with Gasteiger partial charge in [-0.2, -0.15) is 10.1 Å². The van der Waals surface area contributed by atoms with Crippen molar-refractivity contribution in [3.63, 3.8) is 0 Å². The summed E-state index contributed by atoms with van der Waals surface area (Å²) in [5.74, 6) is 3.06. The third-order valence-corrected chi connectivity index (χ3v) is 4.37. The van der Waals surface area contributed by atoms with E-state index in [0.717, 1.165) is 29.9 Å². The Hall–Kier alpha value is -2.78. The molecule has 10 heteroatoms. The van der Waals surface area contributed by atoms with Gasteiger partial charge in [0, 0.05) is 30.0 Å². The van der Waals surface area contributed by atoms with Gasteiger partial charge in [0.15, 0.2) is 11.6 Å². The van der Waals surface area contributed by atoms with E-state index in [1.807, 2.05) is 24.3 Å². The number of nitrogens with two attached hydrogens (primary N) is 1. The molecule has 0 bridgehead atoms. The second-order valence-electron chi connectivity index (χ2n) is 6.61. The molecule has 2 aromatic heterocycles. The zero-order valence-electron chi connectivity index (χ0n) is 15.2. The van der Waals surface area contributed by atoms with E-state index in [1.54, 1.807) is 0 Å². The van der Waals surface area contributed by atoms with Crippen LogP contribution >= 0.6 is 12.4 Å². The number of nitrogens with zero attached hydrogens (tertiary/aromatic N) is 4. The van der Waals surface area contributed by atoms with Crippen LogP contribution in [0.5, 0.6) is 0 Å². The van der Waals surface area contributed by atoms with Crippen LogP contribution in [0, 0.1) is 0 Å². The van der Waals surface area contributed by atoms with Gasteiger partial charge in [-0.05, 0) is 43.5 Å². The van der Waals surface area contributed by atoms with E-state index in [1.165, 1.54) is 0 Å². The van der Waals surface area contributed by atoms with E-state index in [9.17, 15) is 4.79 Å². The summed E-state index contributed by atoms with van der Waals surface area (Å²) in [5.41, 5.74) is 7.10. The van der Waals surface area contributed by atoms with Crippen molar-refractivity contribution in [2.75, 3.05) is 5.32 Å². The molecule has 4 rings (SSSR count). The molecule has 0 saturated heterocycles. The average Bonchev–Trinajstić information content (AvgIpc) is 3.23. The summed E-state index contributed by atoms with van der Waals surface area (Å²) in [5, 5.41) is 13.7. The van der Waals surface area contributed by atoms with Crippen LogP contribution in [0.15, 0.2) is 28.8 Å². The summed E-state index contributed by atoms with van der Waals surface area (Å²) in [6, 6.07) is 7.37. The molecule has 0 radical (unpaired) electrons. The molecule has 2 heterocycles. The zero-order chi connectivity index (χ0) is 18.6. The SMILES string of the molecule is Cl.NCc1nc(-c2ccc(NC(=O)CCCc3nc(C4CC4)no3)cc2)n[nH]1. The summed E-state index contributed by atoms with van der Waals surface area (Å²) in [7, 11) is 0. The average molecular weight is 404 g/mol. The summed E-state index contributed by atoms with van der Waals surface area (Å²) in [6.07, 6.45) is 3.95. The van der Waals surface area contributed by atoms with Gasteiger partial charge in [-0.1, -0.05) is 5.16 Å². The van der Waals surface area contributed by atoms with Gasteiger partial charge >= 0.3 is 0 Å². The number of aromatic nitrogens is 5. The first kappa shape index (κ1) is 20.0. The Kier molecular flexibility index (Phi) is 6.37. The fourth-order valence-electron chi connectivity index (χ4n) is 2.72. The first-order valence-electron chi connectivity index (χ1n) is 9.05. The van der Waals surface area contributed by atoms with E-state index in [-0.39, 0.29) is 18.3 Å². The van der Waals surface area contributed by atoms with Gasteiger partial charge in [0.05, 0.1) is 6.54 Å². The van der Waals surface area contributed by atoms with Gasteiger partial charge in [0.2, 0.25) is 11.8 Å². The second-order valence-corrected chi connectivity index (χ2v) is 6.61. The smallest absolute Gasteiger partial charge is 0.226 e. The molecule has 4 N–H and O–H groups in total. The van der Waals surface area contributed by atoms with Crippen molar-refractivity contribution in [2.45, 2.75) is 44.6 Å². The van der Waals surface area contributed by atoms with E-state index >= 15 is 0 Å². The van der Waals surface area contributed by atoms with Gasteiger partial charge in [-0.15, -0.1) is 12.4 Å². The number of aromatic amines is 1. The lowest BCUT2D eigenvalue weighted by Crippen LogP contribution is -2.11. The number of benzene rings is 1. The quantitative estimate of drug-likeness (QED) is 0.525. The first-order valence-corrected chi connectivity index (χ1v) is 9.05. The van der Waals surface area contributed by atoms with Crippen molar-refractivity contribution in [1.29, 1.82) is 0 Å². The Labute approximate surface area is 167 Å². The number of rotatable bonds is 8. The van der Waals surface area contributed by atoms with Gasteiger partial charge in [0.25, 0.3) is 0 Å². The monoisotopic (exact) mass is 403 g/mol. The highest BCUT2D eigenvalue weighted by Gasteiger charge is 2.28. The number of carbonyl (C=O) groups is 1. The van der Waals surface area contributed by atoms with E-state index in [0.29, 0.717) is 49.3 Å². The standard InChI is InChI=1S/C18H21N7O2.ClH/c19-10-14-21-17(24-23-14)11-6-8-13(9-7-11)20-15(26)2-1-3-16-22-18(25-27-16)12-4-5-12;/h6-9,12H,1-5,10,19H2,(H,20,26)(H,21,23,24);1H. The van der Waals surface area contributed by atoms with Gasteiger partial charge < -0.3 is 15.6 Å². The van der Waals surface area contributed by atoms with Crippen LogP contribution in [0.3, 0.4) is 0 Å². The van der Waals surface area contributed by atoms with Crippen LogP contribution in [0.1, 0.15) is 49.1 Å². The predicted molar refractivity (Wildman–Crippen MR) is 105 cm³/mol. The number of nitrogens with one attached hydrogen (secondary N) is 2. The molecule has 0 unspecified atom stereocenters. The molecule has 28 heavy (non-hydrogen) atoms. The number of aryl methyl sites for hydroxylation is 1. The number of hydrogen-bond donors (Lipinski definition) is 3. The van der Waals surface area contributed by atoms with Crippen LogP contribution in [0.4, 0.5) is 5.69 Å². The Morgan fingerprint density at radius 2 is 2.04 bits per heavy atom. The Balaban J connectivity index is 0.00000225. The summed E-state index contributed by atoms with van der Waals surface area (Å²) in [6.45, 7) is 0.312. The van der Waals surface area contributed by atoms with Crippen LogP contribution in [-0.2, 0) is 17.8 Å². The maximum atomic E-state index is 12.1. The number of halogens is 1. The van der Waals surface area contributed by atoms with E-state index < -0.39 is 0 Å². The fourth-order valence-corrected chi connectivity index (χ4v) is 2.72. The molecule has 148 valence electrons. The maximum Gasteiger partial charge on any atom is 0.226 e. The molecule has 1 aliphatic carbocycles. The third-order valence-electron chi connectivity index (χ3n) is 4.37. The highest BCUT2D eigenvalue weighted by molar-refractivity contribution is 5.90. The lowest BCUT2D eigenvalue weighted by molar-refractivity contribution is -0.116. The maximum absolute atomic E-state index is 12.1. The van der Waals surface area contributed by atoms with Crippen molar-refractivity contribution in [3.8, 4) is 11.4 Å². The summed E-state index contributed by atoms with van der Waals surface area (Å²) >= 11 is 0. The highest BCUT2D eigenvalue weighted by atomic mass is 35.5. The molecule has 3 aromatic rings. The highest BCUT2D eigenvalue weighted by Crippen LogP contribution is 2.38. The number of amides is 1. The summed E-state index contributed by atoms with van der Waals surface area (Å²) in [4.78, 5) is 20.7. The molecule has 1 fully saturated rings. The normalized spacial score (nSPS) is 13.2. The topological polar surface area (TPSA) is 136 Å². The lowest BCUT2D eigenvalue weighted by atomic mass is 10.2. The largest absolute Gasteiger partial charge is 0.339 e. The predicted octanol–water partition coefficient (Wildman–Crippen LogP) is 2.57. The van der Waals surface area contributed by atoms with E-state index in [2.05, 4.69) is 30.6 Å². The number of hydrogen-bond acceptors (Lipinski definition) is 7. The minimum Gasteiger partial charge on any atom is -0.339 e. The molecule has 1 aliphatic rings. The van der Waals surface area contributed by atoms with Crippen LogP contribution < -0.4 is 11.1 Å². The second kappa shape index (κ2) is 8.94. The molecule has 0 spiro atoms. The minimum absolute atomic E-state index is 0. The molecule has 9 nitrogen and oxygen atoms in total. The Bertz CT molecular complexity index is 918. The number of carbonyl (C=O) groups excluding carboxylic acids is 1. The van der Waals surface area contributed by atoms with E-state index in [4.69, 9.17) is 10.3 Å². The Morgan fingerprint density at radius 1 is 1.25 bits per heavy atom. The molecule has 1 aromatic carbocycles. The summed E-state index contributed by atoms with van der Waals surface area (Å²) < 4.78 is 5.22. The number of H-pyrrole nitrogens is 1. The van der Waals surface area contributed by atoms with Gasteiger partial charge in [0.1, 0.15) is 5.82 Å². The molecular formula is C18H22ClN7O2. The number of anilines is 1. The fraction of sp³-hybridized carbons (Fsp3) is 0.389. The zero-order valence-corrected chi connectivity index (χ0v) is 16.0. The first-order chi connectivity index (χ1) is 13.2. The third kappa shape index (κ3) is 4.93. The van der Waals surface area contributed by atoms with Crippen LogP contribution in [0.2, 0.25) is 0 Å². The van der Waals surface area contributed by atoms with Crippen molar-refractivity contribution in [2.24, 2.45) is 5.73 Å². The van der Waals surface area contributed by atoms with Crippen LogP contribution in [0.25, 0.3) is 11.4 Å². The van der Waals surface area contributed by atoms with Gasteiger partial charge in [-0.25, -0.2) is 4.98 Å². The van der Waals surface area contributed by atoms with Crippen LogP contribution in [-0.4, -0.2) is 31.2 Å². The Morgan fingerprint density at radius 3 is 2.71 bits per heavy atom. The molecular weight excluding hydrogens is 382 g/mol. The molecule has 1 amide bonds. The van der Waals surface area contributed by atoms with Crippen molar-refractivity contribution < 1.29 is 9.32 Å². The molecule has 1 saturated carbocycles. The molecule has 0 aliphatic heterocycles. The molecule has 0 atom stereocenters.